The fourth-order valence-corrected chi connectivity index (χ4v) is 0.955. The van der Waals surface area contributed by atoms with Crippen LogP contribution in [-0.4, -0.2) is 16.5 Å². The number of nitro groups is 1. The van der Waals surface area contributed by atoms with Gasteiger partial charge < -0.3 is 4.98 Å². The fourth-order valence-electron chi connectivity index (χ4n) is 0.955. The normalized spacial score (nSPS) is 9.91. The molecule has 0 unspecified atom stereocenters. The summed E-state index contributed by atoms with van der Waals surface area (Å²) in [6.45, 7) is 1.95. The molecule has 0 spiro atoms. The molecule has 4 heteroatoms. The molecule has 60 valence electrons. The zero-order valence-corrected chi connectivity index (χ0v) is 6.33. The summed E-state index contributed by atoms with van der Waals surface area (Å²) in [7, 11) is 0. The molecule has 0 amide bonds. The third-order valence-corrected chi connectivity index (χ3v) is 1.63. The van der Waals surface area contributed by atoms with E-state index >= 15 is 0 Å². The predicted molar refractivity (Wildman–Crippen MR) is 41.1 cm³/mol. The Morgan fingerprint density at radius 1 is 1.64 bits per heavy atom. The summed E-state index contributed by atoms with van der Waals surface area (Å²) in [5.74, 6) is 0. The van der Waals surface area contributed by atoms with Crippen molar-refractivity contribution < 1.29 is 4.92 Å². The van der Waals surface area contributed by atoms with Crippen LogP contribution < -0.4 is 0 Å². The van der Waals surface area contributed by atoms with E-state index in [0.717, 1.165) is 11.1 Å². The minimum atomic E-state index is -0.299. The number of H-pyrrole nitrogens is 1. The average Bonchev–Trinajstić information content (AvgIpc) is 2.31. The molecule has 0 aliphatic rings. The molecule has 0 radical (unpaired) electrons. The number of hydrogen-bond donors (Lipinski definition) is 1. The van der Waals surface area contributed by atoms with Crippen LogP contribution in [0.1, 0.15) is 11.1 Å². The summed E-state index contributed by atoms with van der Waals surface area (Å²) in [5.41, 5.74) is 2.12. The lowest BCUT2D eigenvalue weighted by Gasteiger charge is -1.92. The lowest BCUT2D eigenvalue weighted by molar-refractivity contribution is -0.479. The number of hydrogen-bond acceptors (Lipinski definition) is 2. The highest BCUT2D eigenvalue weighted by atomic mass is 16.6. The largest absolute Gasteiger partial charge is 0.367 e. The van der Waals surface area contributed by atoms with Gasteiger partial charge in [0.05, 0.1) is 0 Å². The van der Waals surface area contributed by atoms with Gasteiger partial charge in [-0.3, -0.25) is 10.1 Å². The molecule has 1 rings (SSSR count). The van der Waals surface area contributed by atoms with Crippen LogP contribution in [0.3, 0.4) is 0 Å². The molecular formula is C7H10N2O2. The van der Waals surface area contributed by atoms with Gasteiger partial charge in [0.15, 0.2) is 0 Å². The quantitative estimate of drug-likeness (QED) is 0.524. The van der Waals surface area contributed by atoms with Gasteiger partial charge in [0.25, 0.3) is 0 Å². The maximum absolute atomic E-state index is 10.0. The Balaban J connectivity index is 2.51. The first-order valence-corrected chi connectivity index (χ1v) is 3.44. The van der Waals surface area contributed by atoms with Crippen molar-refractivity contribution in [1.82, 2.24) is 4.98 Å². The maximum atomic E-state index is 10.0. The summed E-state index contributed by atoms with van der Waals surface area (Å²) in [6.07, 6.45) is 4.16. The summed E-state index contributed by atoms with van der Waals surface area (Å²) in [5, 5.41) is 10.0. The predicted octanol–water partition coefficient (Wildman–Crippen LogP) is 1.14. The zero-order valence-electron chi connectivity index (χ0n) is 6.33. The van der Waals surface area contributed by atoms with Gasteiger partial charge in [-0.25, -0.2) is 0 Å². The highest BCUT2D eigenvalue weighted by molar-refractivity contribution is 5.21. The van der Waals surface area contributed by atoms with E-state index in [-0.39, 0.29) is 11.5 Å². The van der Waals surface area contributed by atoms with Crippen LogP contribution in [0.4, 0.5) is 0 Å². The summed E-state index contributed by atoms with van der Waals surface area (Å²) in [4.78, 5) is 12.6. The molecule has 1 heterocycles. The van der Waals surface area contributed by atoms with Crippen LogP contribution in [0.2, 0.25) is 0 Å². The monoisotopic (exact) mass is 154 g/mol. The summed E-state index contributed by atoms with van der Waals surface area (Å²) in [6, 6.07) is 0. The minimum absolute atomic E-state index is 0.0126. The highest BCUT2D eigenvalue weighted by Crippen LogP contribution is 2.05. The Kier molecular flexibility index (Phi) is 2.25. The molecule has 1 aromatic heterocycles. The van der Waals surface area contributed by atoms with E-state index in [1.807, 2.05) is 13.1 Å². The second-order valence-corrected chi connectivity index (χ2v) is 2.47. The molecular weight excluding hydrogens is 144 g/mol. The van der Waals surface area contributed by atoms with Gasteiger partial charge in [0, 0.05) is 23.7 Å². The topological polar surface area (TPSA) is 58.9 Å². The summed E-state index contributed by atoms with van der Waals surface area (Å²) < 4.78 is 0. The van der Waals surface area contributed by atoms with E-state index in [1.54, 1.807) is 6.20 Å². The number of rotatable bonds is 3. The highest BCUT2D eigenvalue weighted by Gasteiger charge is 2.02. The molecule has 1 aromatic rings. The SMILES string of the molecule is Cc1c[nH]cc1CC[N+](=O)[O-]. The van der Waals surface area contributed by atoms with Crippen LogP contribution >= 0.6 is 0 Å². The lowest BCUT2D eigenvalue weighted by Crippen LogP contribution is -2.03. The first kappa shape index (κ1) is 7.78. The van der Waals surface area contributed by atoms with E-state index in [0.29, 0.717) is 6.42 Å². The number of aromatic amines is 1. The van der Waals surface area contributed by atoms with Gasteiger partial charge in [0.2, 0.25) is 6.54 Å². The van der Waals surface area contributed by atoms with Gasteiger partial charge in [-0.15, -0.1) is 0 Å². The van der Waals surface area contributed by atoms with Crippen LogP contribution in [0.25, 0.3) is 0 Å². The number of aryl methyl sites for hydroxylation is 1. The fraction of sp³-hybridized carbons (Fsp3) is 0.429. The minimum Gasteiger partial charge on any atom is -0.367 e. The maximum Gasteiger partial charge on any atom is 0.207 e. The van der Waals surface area contributed by atoms with E-state index in [9.17, 15) is 10.1 Å². The standard InChI is InChI=1S/C7H10N2O2/c1-6-4-8-5-7(6)2-3-9(10)11/h4-5,8H,2-3H2,1H3. The Labute approximate surface area is 64.4 Å². The molecule has 0 atom stereocenters. The zero-order chi connectivity index (χ0) is 8.27. The van der Waals surface area contributed by atoms with Crippen molar-refractivity contribution in [3.05, 3.63) is 33.6 Å². The molecule has 0 saturated heterocycles. The number of nitrogens with one attached hydrogen (secondary N) is 1. The molecule has 0 fully saturated rings. The van der Waals surface area contributed by atoms with Gasteiger partial charge in [0.1, 0.15) is 0 Å². The first-order valence-electron chi connectivity index (χ1n) is 3.44. The van der Waals surface area contributed by atoms with Crippen molar-refractivity contribution >= 4 is 0 Å². The second-order valence-electron chi connectivity index (χ2n) is 2.47. The van der Waals surface area contributed by atoms with E-state index in [4.69, 9.17) is 0 Å². The molecule has 1 N–H and O–H groups in total. The van der Waals surface area contributed by atoms with Gasteiger partial charge in [-0.1, -0.05) is 0 Å². The van der Waals surface area contributed by atoms with Crippen LogP contribution in [-0.2, 0) is 6.42 Å². The molecule has 0 saturated carbocycles. The van der Waals surface area contributed by atoms with Gasteiger partial charge in [-0.05, 0) is 18.1 Å². The van der Waals surface area contributed by atoms with Crippen molar-refractivity contribution in [1.29, 1.82) is 0 Å². The van der Waals surface area contributed by atoms with Crippen molar-refractivity contribution in [3.8, 4) is 0 Å². The number of aromatic nitrogens is 1. The van der Waals surface area contributed by atoms with E-state index < -0.39 is 0 Å². The first-order chi connectivity index (χ1) is 5.20. The van der Waals surface area contributed by atoms with Gasteiger partial charge in [-0.2, -0.15) is 0 Å². The molecule has 0 aromatic carbocycles. The second kappa shape index (κ2) is 3.18. The van der Waals surface area contributed by atoms with Crippen molar-refractivity contribution in [3.63, 3.8) is 0 Å². The molecule has 11 heavy (non-hydrogen) atoms. The van der Waals surface area contributed by atoms with Gasteiger partial charge >= 0.3 is 0 Å². The molecule has 0 bridgehead atoms. The Morgan fingerprint density at radius 2 is 2.36 bits per heavy atom. The van der Waals surface area contributed by atoms with Crippen LogP contribution in [0, 0.1) is 17.0 Å². The Hall–Kier alpha value is -1.32. The molecule has 0 aliphatic heterocycles. The van der Waals surface area contributed by atoms with Crippen molar-refractivity contribution in [2.45, 2.75) is 13.3 Å². The Bertz CT molecular complexity index is 255. The van der Waals surface area contributed by atoms with Crippen LogP contribution in [0.15, 0.2) is 12.4 Å². The van der Waals surface area contributed by atoms with Crippen LogP contribution in [0.5, 0.6) is 0 Å². The smallest absolute Gasteiger partial charge is 0.207 e. The van der Waals surface area contributed by atoms with E-state index in [2.05, 4.69) is 4.98 Å². The average molecular weight is 154 g/mol. The third-order valence-electron chi connectivity index (χ3n) is 1.63. The number of nitrogens with zero attached hydrogens (tertiary/aromatic N) is 1. The summed E-state index contributed by atoms with van der Waals surface area (Å²) >= 11 is 0. The molecule has 0 aliphatic carbocycles. The lowest BCUT2D eigenvalue weighted by atomic mass is 10.2. The molecule has 4 nitrogen and oxygen atoms in total. The van der Waals surface area contributed by atoms with Crippen molar-refractivity contribution in [2.75, 3.05) is 6.54 Å². The van der Waals surface area contributed by atoms with E-state index in [1.165, 1.54) is 0 Å². The Morgan fingerprint density at radius 3 is 2.82 bits per heavy atom. The van der Waals surface area contributed by atoms with Crippen molar-refractivity contribution in [2.24, 2.45) is 0 Å². The third kappa shape index (κ3) is 2.07.